The molecule has 0 unspecified atom stereocenters. The van der Waals surface area contributed by atoms with E-state index in [2.05, 4.69) is 17.1 Å². The monoisotopic (exact) mass is 422 g/mol. The number of anilines is 1. The molecule has 0 radical (unpaired) electrons. The van der Waals surface area contributed by atoms with Crippen LogP contribution >= 0.6 is 0 Å². The van der Waals surface area contributed by atoms with E-state index in [4.69, 9.17) is 19.3 Å². The van der Waals surface area contributed by atoms with Gasteiger partial charge in [0.2, 0.25) is 0 Å². The number of morpholine rings is 1. The summed E-state index contributed by atoms with van der Waals surface area (Å²) in [4.78, 5) is 27.2. The number of carbonyl (C=O) groups excluding carboxylic acids is 2. The summed E-state index contributed by atoms with van der Waals surface area (Å²) in [7, 11) is 0. The third-order valence-electron chi connectivity index (χ3n) is 5.37. The molecule has 1 aromatic rings. The van der Waals surface area contributed by atoms with Crippen molar-refractivity contribution in [2.75, 3.05) is 31.3 Å². The van der Waals surface area contributed by atoms with Crippen LogP contribution in [0.25, 0.3) is 0 Å². The Morgan fingerprint density at radius 3 is 2.77 bits per heavy atom. The molecule has 0 spiro atoms. The molecule has 1 saturated heterocycles. The van der Waals surface area contributed by atoms with E-state index in [1.807, 2.05) is 20.8 Å². The maximum Gasteiger partial charge on any atom is 0.407 e. The van der Waals surface area contributed by atoms with Gasteiger partial charge in [0, 0.05) is 12.6 Å². The lowest BCUT2D eigenvalue weighted by Gasteiger charge is -2.33. The highest BCUT2D eigenvalue weighted by molar-refractivity contribution is 5.88. The molecule has 1 aliphatic heterocycles. The zero-order valence-electron chi connectivity index (χ0n) is 18.6. The average molecular weight is 423 g/mol. The Labute approximate surface area is 178 Å². The average Bonchev–Trinajstić information content (AvgIpc) is 3.27. The number of hydrogen-bond acceptors (Lipinski definition) is 7. The van der Waals surface area contributed by atoms with Gasteiger partial charge in [-0.3, -0.25) is 4.68 Å². The third-order valence-corrected chi connectivity index (χ3v) is 5.37. The van der Waals surface area contributed by atoms with Crippen molar-refractivity contribution in [3.63, 3.8) is 0 Å². The van der Waals surface area contributed by atoms with Crippen molar-refractivity contribution < 1.29 is 23.8 Å². The van der Waals surface area contributed by atoms with Crippen molar-refractivity contribution in [2.24, 2.45) is 0 Å². The summed E-state index contributed by atoms with van der Waals surface area (Å²) in [6.07, 6.45) is 2.09. The number of rotatable bonds is 5. The van der Waals surface area contributed by atoms with Crippen LogP contribution in [0, 0.1) is 0 Å². The lowest BCUT2D eigenvalue weighted by molar-refractivity contribution is 0.0489. The van der Waals surface area contributed by atoms with Gasteiger partial charge in [-0.05, 0) is 53.9 Å². The molecule has 2 heterocycles. The number of carbonyl (C=O) groups is 2. The first-order chi connectivity index (χ1) is 14.2. The van der Waals surface area contributed by atoms with Crippen molar-refractivity contribution in [3.8, 4) is 0 Å². The van der Waals surface area contributed by atoms with Crippen molar-refractivity contribution >= 4 is 17.9 Å². The van der Waals surface area contributed by atoms with Gasteiger partial charge in [0.15, 0.2) is 5.82 Å². The molecule has 168 valence electrons. The Bertz CT molecular complexity index is 757. The summed E-state index contributed by atoms with van der Waals surface area (Å²) in [5, 5.41) is 7.77. The van der Waals surface area contributed by atoms with Gasteiger partial charge in [-0.1, -0.05) is 0 Å². The Morgan fingerprint density at radius 2 is 2.10 bits per heavy atom. The van der Waals surface area contributed by atoms with E-state index in [1.165, 1.54) is 0 Å². The van der Waals surface area contributed by atoms with Crippen LogP contribution in [0.15, 0.2) is 6.07 Å². The number of alkyl carbamates (subject to hydrolysis) is 1. The molecular formula is C21H34N4O5. The Kier molecular flexibility index (Phi) is 6.90. The first-order valence-electron chi connectivity index (χ1n) is 10.8. The Morgan fingerprint density at radius 1 is 1.33 bits per heavy atom. The van der Waals surface area contributed by atoms with Gasteiger partial charge in [0.1, 0.15) is 11.3 Å². The van der Waals surface area contributed by atoms with E-state index in [0.29, 0.717) is 25.5 Å². The Hall–Kier alpha value is -2.29. The van der Waals surface area contributed by atoms with Crippen LogP contribution in [0.5, 0.6) is 0 Å². The third kappa shape index (κ3) is 5.24. The highest BCUT2D eigenvalue weighted by atomic mass is 16.6. The minimum Gasteiger partial charge on any atom is -0.461 e. The van der Waals surface area contributed by atoms with Gasteiger partial charge in [-0.25, -0.2) is 9.59 Å². The van der Waals surface area contributed by atoms with E-state index in [1.54, 1.807) is 17.7 Å². The van der Waals surface area contributed by atoms with Gasteiger partial charge < -0.3 is 24.4 Å². The van der Waals surface area contributed by atoms with Crippen molar-refractivity contribution in [3.05, 3.63) is 11.8 Å². The molecule has 2 fully saturated rings. The maximum absolute atomic E-state index is 12.7. The number of nitrogens with zero attached hydrogens (tertiary/aromatic N) is 3. The van der Waals surface area contributed by atoms with Crippen LogP contribution in [0.3, 0.4) is 0 Å². The second-order valence-electron chi connectivity index (χ2n) is 8.92. The van der Waals surface area contributed by atoms with E-state index in [0.717, 1.165) is 25.1 Å². The quantitative estimate of drug-likeness (QED) is 0.729. The highest BCUT2D eigenvalue weighted by Gasteiger charge is 2.36. The smallest absolute Gasteiger partial charge is 0.407 e. The van der Waals surface area contributed by atoms with Crippen LogP contribution in [-0.2, 0) is 14.2 Å². The summed E-state index contributed by atoms with van der Waals surface area (Å²) in [5.74, 6) is 0.330. The first-order valence-corrected chi connectivity index (χ1v) is 10.8. The van der Waals surface area contributed by atoms with Crippen LogP contribution in [-0.4, -0.2) is 65.9 Å². The number of esters is 1. The first kappa shape index (κ1) is 22.4. The molecule has 3 atom stereocenters. The molecule has 0 aromatic carbocycles. The zero-order valence-corrected chi connectivity index (χ0v) is 18.6. The van der Waals surface area contributed by atoms with E-state index >= 15 is 0 Å². The number of aromatic nitrogens is 2. The minimum absolute atomic E-state index is 0.137. The summed E-state index contributed by atoms with van der Waals surface area (Å²) < 4.78 is 18.0. The van der Waals surface area contributed by atoms with Crippen molar-refractivity contribution in [1.82, 2.24) is 15.1 Å². The van der Waals surface area contributed by atoms with Crippen LogP contribution in [0.4, 0.5) is 10.6 Å². The molecule has 1 saturated carbocycles. The molecule has 2 aliphatic rings. The second-order valence-corrected chi connectivity index (χ2v) is 8.92. The maximum atomic E-state index is 12.7. The number of ether oxygens (including phenoxy) is 3. The van der Waals surface area contributed by atoms with E-state index < -0.39 is 17.7 Å². The number of nitrogens with one attached hydrogen (secondary N) is 1. The van der Waals surface area contributed by atoms with E-state index in [-0.39, 0.29) is 24.7 Å². The van der Waals surface area contributed by atoms with Gasteiger partial charge >= 0.3 is 12.1 Å². The summed E-state index contributed by atoms with van der Waals surface area (Å²) in [6.45, 7) is 11.6. The van der Waals surface area contributed by atoms with Crippen LogP contribution < -0.4 is 10.2 Å². The SMILES string of the molecule is CCOC(=O)c1cc(N2CCOC[C@H]2C)nn1[C@H]1CCC[C@H]1NC(=O)OC(C)(C)C. The second kappa shape index (κ2) is 9.24. The fourth-order valence-electron chi connectivity index (χ4n) is 4.06. The highest BCUT2D eigenvalue weighted by Crippen LogP contribution is 2.33. The standard InChI is InChI=1S/C21H34N4O5/c1-6-29-19(26)17-12-18(24-10-11-28-13-14(24)2)23-25(17)16-9-7-8-15(16)22-20(27)30-21(3,4)5/h12,14-16H,6-11,13H2,1-5H3,(H,22,27)/t14-,15-,16+/m1/s1. The van der Waals surface area contributed by atoms with Gasteiger partial charge in [-0.15, -0.1) is 0 Å². The van der Waals surface area contributed by atoms with Crippen LogP contribution in [0.2, 0.25) is 0 Å². The summed E-state index contributed by atoms with van der Waals surface area (Å²) in [6, 6.07) is 1.66. The zero-order chi connectivity index (χ0) is 21.9. The number of hydrogen-bond donors (Lipinski definition) is 1. The summed E-state index contributed by atoms with van der Waals surface area (Å²) in [5.41, 5.74) is -0.159. The van der Waals surface area contributed by atoms with Crippen molar-refractivity contribution in [1.29, 1.82) is 0 Å². The predicted molar refractivity (Wildman–Crippen MR) is 112 cm³/mol. The Balaban J connectivity index is 1.86. The molecule has 1 N–H and O–H groups in total. The molecule has 30 heavy (non-hydrogen) atoms. The fraction of sp³-hybridized carbons (Fsp3) is 0.762. The molecule has 1 amide bonds. The van der Waals surface area contributed by atoms with Crippen molar-refractivity contribution in [2.45, 2.75) is 77.6 Å². The molecule has 3 rings (SSSR count). The van der Waals surface area contributed by atoms with Gasteiger partial charge in [-0.2, -0.15) is 5.10 Å². The largest absolute Gasteiger partial charge is 0.461 e. The molecule has 1 aromatic heterocycles. The predicted octanol–water partition coefficient (Wildman–Crippen LogP) is 2.90. The molecule has 9 nitrogen and oxygen atoms in total. The molecular weight excluding hydrogens is 388 g/mol. The summed E-state index contributed by atoms with van der Waals surface area (Å²) >= 11 is 0. The van der Waals surface area contributed by atoms with Gasteiger partial charge in [0.25, 0.3) is 0 Å². The lowest BCUT2D eigenvalue weighted by Crippen LogP contribution is -2.44. The minimum atomic E-state index is -0.570. The normalized spacial score (nSPS) is 24.6. The lowest BCUT2D eigenvalue weighted by atomic mass is 10.1. The number of amides is 1. The van der Waals surface area contributed by atoms with E-state index in [9.17, 15) is 9.59 Å². The van der Waals surface area contributed by atoms with Crippen LogP contribution in [0.1, 0.15) is 70.4 Å². The van der Waals surface area contributed by atoms with Gasteiger partial charge in [0.05, 0.1) is 37.9 Å². The molecule has 1 aliphatic carbocycles. The molecule has 9 heteroatoms. The fourth-order valence-corrected chi connectivity index (χ4v) is 4.06. The topological polar surface area (TPSA) is 94.9 Å². The molecule has 0 bridgehead atoms.